The van der Waals surface area contributed by atoms with E-state index < -0.39 is 5.76 Å². The minimum Gasteiger partial charge on any atom is -0.446 e. The van der Waals surface area contributed by atoms with Crippen LogP contribution in [0.25, 0.3) is 11.1 Å². The third kappa shape index (κ3) is 2.98. The van der Waals surface area contributed by atoms with Crippen molar-refractivity contribution in [2.24, 2.45) is 5.41 Å². The number of hydrogen-bond acceptors (Lipinski definition) is 6. The first-order valence-corrected chi connectivity index (χ1v) is 9.92. The number of aromatic nitrogens is 2. The topological polar surface area (TPSA) is 84.7 Å². The number of amides is 1. The van der Waals surface area contributed by atoms with E-state index in [-0.39, 0.29) is 23.7 Å². The van der Waals surface area contributed by atoms with Crippen molar-refractivity contribution < 1.29 is 13.6 Å². The smallest absolute Gasteiger partial charge is 0.419 e. The number of aryl methyl sites for hydroxylation is 2. The molecule has 8 nitrogen and oxygen atoms in total. The maximum absolute atomic E-state index is 12.8. The van der Waals surface area contributed by atoms with Crippen LogP contribution < -0.4 is 5.76 Å². The number of carbonyl (C=O) groups is 1. The van der Waals surface area contributed by atoms with Gasteiger partial charge >= 0.3 is 5.76 Å². The van der Waals surface area contributed by atoms with Crippen LogP contribution in [0.1, 0.15) is 24.0 Å². The van der Waals surface area contributed by atoms with Gasteiger partial charge in [0.25, 0.3) is 0 Å². The highest BCUT2D eigenvalue weighted by Crippen LogP contribution is 2.48. The summed E-state index contributed by atoms with van der Waals surface area (Å²) in [5.41, 5.74) is 1.27. The molecule has 5 rings (SSSR count). The largest absolute Gasteiger partial charge is 0.446 e. The third-order valence-corrected chi connectivity index (χ3v) is 6.24. The van der Waals surface area contributed by atoms with Crippen LogP contribution >= 0.6 is 0 Å². The van der Waals surface area contributed by atoms with E-state index in [1.54, 1.807) is 12.3 Å². The summed E-state index contributed by atoms with van der Waals surface area (Å²) in [6.45, 7) is 5.43. The van der Waals surface area contributed by atoms with Crippen LogP contribution in [0.5, 0.6) is 0 Å². The molecule has 4 heterocycles. The number of fused-ring (bicyclic) bond motifs is 1. The molecular weight excluding hydrogens is 372 g/mol. The minimum absolute atomic E-state index is 0.000871. The number of carbonyl (C=O) groups excluding carboxylic acids is 1. The zero-order valence-electron chi connectivity index (χ0n) is 16.6. The molecule has 0 aliphatic carbocycles. The normalized spacial score (nSPS) is 21.2. The second-order valence-electron chi connectivity index (χ2n) is 8.41. The predicted molar refractivity (Wildman–Crippen MR) is 106 cm³/mol. The standard InChI is InChI=1S/C21H24N4O4/c1-14-9-22-19(28-14)15-10-23(2)11-21(15)12-24(13-21)18(26)7-8-25-16-5-3-4-6-17(16)29-20(25)27/h3-6,9,15H,7-8,10-13H2,1-2H3. The van der Waals surface area contributed by atoms with Crippen molar-refractivity contribution in [1.29, 1.82) is 0 Å². The van der Waals surface area contributed by atoms with E-state index in [9.17, 15) is 9.59 Å². The summed E-state index contributed by atoms with van der Waals surface area (Å²) < 4.78 is 12.6. The van der Waals surface area contributed by atoms with Crippen LogP contribution in [0.3, 0.4) is 0 Å². The van der Waals surface area contributed by atoms with Crippen LogP contribution in [-0.2, 0) is 11.3 Å². The Morgan fingerprint density at radius 3 is 2.79 bits per heavy atom. The number of nitrogens with zero attached hydrogens (tertiary/aromatic N) is 4. The van der Waals surface area contributed by atoms with E-state index in [2.05, 4.69) is 16.9 Å². The maximum atomic E-state index is 12.8. The van der Waals surface area contributed by atoms with Crippen LogP contribution in [-0.4, -0.2) is 58.5 Å². The van der Waals surface area contributed by atoms with Crippen LogP contribution in [0.15, 0.2) is 44.1 Å². The molecule has 3 aromatic rings. The highest BCUT2D eigenvalue weighted by Gasteiger charge is 2.56. The lowest BCUT2D eigenvalue weighted by Crippen LogP contribution is -2.61. The summed E-state index contributed by atoms with van der Waals surface area (Å²) in [5, 5.41) is 0. The Hall–Kier alpha value is -2.87. The average molecular weight is 396 g/mol. The third-order valence-electron chi connectivity index (χ3n) is 6.24. The summed E-state index contributed by atoms with van der Waals surface area (Å²) in [6.07, 6.45) is 2.04. The molecule has 2 fully saturated rings. The number of likely N-dealkylation sites (N-methyl/N-ethyl adjacent to an activating group) is 1. The summed E-state index contributed by atoms with van der Waals surface area (Å²) >= 11 is 0. The van der Waals surface area contributed by atoms with Gasteiger partial charge in [-0.05, 0) is 26.1 Å². The Kier molecular flexibility index (Phi) is 4.13. The fourth-order valence-corrected chi connectivity index (χ4v) is 4.89. The second kappa shape index (κ2) is 6.59. The molecule has 29 heavy (non-hydrogen) atoms. The molecule has 0 N–H and O–H groups in total. The number of rotatable bonds is 4. The van der Waals surface area contributed by atoms with Gasteiger partial charge in [0.1, 0.15) is 5.76 Å². The Bertz CT molecular complexity index is 1120. The number of likely N-dealkylation sites (tertiary alicyclic amines) is 2. The van der Waals surface area contributed by atoms with Gasteiger partial charge in [-0.1, -0.05) is 12.1 Å². The first-order valence-electron chi connectivity index (χ1n) is 9.92. The van der Waals surface area contributed by atoms with Crippen molar-refractivity contribution in [3.63, 3.8) is 0 Å². The van der Waals surface area contributed by atoms with E-state index >= 15 is 0 Å². The summed E-state index contributed by atoms with van der Waals surface area (Å²) in [6, 6.07) is 7.27. The molecule has 2 aliphatic rings. The van der Waals surface area contributed by atoms with Gasteiger partial charge in [0.05, 0.1) is 17.6 Å². The van der Waals surface area contributed by atoms with Crippen LogP contribution in [0, 0.1) is 12.3 Å². The molecule has 2 saturated heterocycles. The molecule has 2 aromatic heterocycles. The van der Waals surface area contributed by atoms with Crippen molar-refractivity contribution in [1.82, 2.24) is 19.4 Å². The van der Waals surface area contributed by atoms with Gasteiger partial charge in [0, 0.05) is 44.6 Å². The molecule has 1 aromatic carbocycles. The summed E-state index contributed by atoms with van der Waals surface area (Å²) in [7, 11) is 2.10. The van der Waals surface area contributed by atoms with E-state index in [0.29, 0.717) is 25.2 Å². The van der Waals surface area contributed by atoms with Crippen molar-refractivity contribution in [3.8, 4) is 0 Å². The van der Waals surface area contributed by atoms with Gasteiger partial charge in [-0.2, -0.15) is 0 Å². The Labute approximate surface area is 167 Å². The monoisotopic (exact) mass is 396 g/mol. The second-order valence-corrected chi connectivity index (χ2v) is 8.41. The van der Waals surface area contributed by atoms with Crippen molar-refractivity contribution in [2.45, 2.75) is 25.8 Å². The molecule has 8 heteroatoms. The molecule has 0 radical (unpaired) electrons. The summed E-state index contributed by atoms with van der Waals surface area (Å²) in [4.78, 5) is 33.5. The molecule has 1 atom stereocenters. The molecule has 152 valence electrons. The first-order chi connectivity index (χ1) is 13.9. The molecule has 1 amide bonds. The molecule has 0 bridgehead atoms. The Balaban J connectivity index is 1.26. The fourth-order valence-electron chi connectivity index (χ4n) is 4.89. The van der Waals surface area contributed by atoms with Crippen molar-refractivity contribution >= 4 is 17.0 Å². The highest BCUT2D eigenvalue weighted by molar-refractivity contribution is 5.78. The highest BCUT2D eigenvalue weighted by atomic mass is 16.4. The van der Waals surface area contributed by atoms with Gasteiger partial charge < -0.3 is 18.6 Å². The first kappa shape index (κ1) is 18.2. The van der Waals surface area contributed by atoms with Gasteiger partial charge in [0.2, 0.25) is 5.91 Å². The molecule has 0 saturated carbocycles. The SMILES string of the molecule is Cc1cnc(C2CN(C)CC23CN(C(=O)CCn2c(=O)oc4ccccc42)C3)o1. The predicted octanol–water partition coefficient (Wildman–Crippen LogP) is 1.84. The number of oxazole rings is 2. The zero-order valence-corrected chi connectivity index (χ0v) is 16.6. The van der Waals surface area contributed by atoms with Crippen LogP contribution in [0.4, 0.5) is 0 Å². The molecular formula is C21H24N4O4. The van der Waals surface area contributed by atoms with Gasteiger partial charge in [-0.15, -0.1) is 0 Å². The fraction of sp³-hybridized carbons (Fsp3) is 0.476. The van der Waals surface area contributed by atoms with Gasteiger partial charge in [-0.25, -0.2) is 9.78 Å². The average Bonchev–Trinajstić information content (AvgIpc) is 3.33. The van der Waals surface area contributed by atoms with Crippen molar-refractivity contribution in [3.05, 3.63) is 52.7 Å². The van der Waals surface area contributed by atoms with E-state index in [0.717, 1.165) is 30.3 Å². The zero-order chi connectivity index (χ0) is 20.2. The molecule has 2 aliphatic heterocycles. The quantitative estimate of drug-likeness (QED) is 0.669. The van der Waals surface area contributed by atoms with E-state index in [4.69, 9.17) is 8.83 Å². The number of benzene rings is 1. The maximum Gasteiger partial charge on any atom is 0.419 e. The lowest BCUT2D eigenvalue weighted by atomic mass is 9.71. The lowest BCUT2D eigenvalue weighted by molar-refractivity contribution is -0.144. The Morgan fingerprint density at radius 1 is 1.24 bits per heavy atom. The Morgan fingerprint density at radius 2 is 2.03 bits per heavy atom. The van der Waals surface area contributed by atoms with Crippen molar-refractivity contribution in [2.75, 3.05) is 33.2 Å². The van der Waals surface area contributed by atoms with Gasteiger partial charge in [-0.3, -0.25) is 9.36 Å². The number of hydrogen-bond donors (Lipinski definition) is 0. The molecule has 1 unspecified atom stereocenters. The number of para-hydroxylation sites is 2. The molecule has 1 spiro atoms. The van der Waals surface area contributed by atoms with E-state index in [1.807, 2.05) is 30.0 Å². The summed E-state index contributed by atoms with van der Waals surface area (Å²) in [5.74, 6) is 1.43. The minimum atomic E-state index is -0.421. The van der Waals surface area contributed by atoms with Gasteiger partial charge in [0.15, 0.2) is 11.5 Å². The lowest BCUT2D eigenvalue weighted by Gasteiger charge is -2.50. The van der Waals surface area contributed by atoms with Crippen LogP contribution in [0.2, 0.25) is 0 Å². The van der Waals surface area contributed by atoms with E-state index in [1.165, 1.54) is 4.57 Å².